The van der Waals surface area contributed by atoms with Gasteiger partial charge in [-0.05, 0) is 48.8 Å². The van der Waals surface area contributed by atoms with Crippen molar-refractivity contribution in [2.75, 3.05) is 54.6 Å². The van der Waals surface area contributed by atoms with Crippen molar-refractivity contribution in [2.45, 2.75) is 51.1 Å². The van der Waals surface area contributed by atoms with Crippen LogP contribution in [0.15, 0.2) is 23.2 Å². The molecule has 1 aromatic rings. The molecule has 2 N–H and O–H groups in total. The molecule has 1 aliphatic carbocycles. The lowest BCUT2D eigenvalue weighted by Gasteiger charge is -2.30. The lowest BCUT2D eigenvalue weighted by Crippen LogP contribution is -2.47. The Morgan fingerprint density at radius 2 is 1.84 bits per heavy atom. The van der Waals surface area contributed by atoms with Gasteiger partial charge in [0, 0.05) is 59.1 Å². The number of nitrogens with zero attached hydrogens (tertiary/aromatic N) is 2. The molecule has 3 rings (SSSR count). The van der Waals surface area contributed by atoms with Crippen LogP contribution >= 0.6 is 0 Å². The predicted molar refractivity (Wildman–Crippen MR) is 125 cm³/mol. The Hall–Kier alpha value is -1.99. The van der Waals surface area contributed by atoms with Crippen LogP contribution in [0.4, 0.5) is 0 Å². The molecule has 0 amide bonds. The number of methoxy groups -OCH3 is 3. The zero-order valence-electron chi connectivity index (χ0n) is 19.7. The summed E-state index contributed by atoms with van der Waals surface area (Å²) in [5.74, 6) is 2.59. The lowest BCUT2D eigenvalue weighted by molar-refractivity contribution is 0.138. The third-order valence-electron chi connectivity index (χ3n) is 6.79. The summed E-state index contributed by atoms with van der Waals surface area (Å²) in [5.41, 5.74) is 1.56. The van der Waals surface area contributed by atoms with Gasteiger partial charge in [-0.3, -0.25) is 9.89 Å². The zero-order chi connectivity index (χ0) is 22.1. The van der Waals surface area contributed by atoms with Gasteiger partial charge in [-0.25, -0.2) is 0 Å². The lowest BCUT2D eigenvalue weighted by atomic mass is 9.83. The van der Waals surface area contributed by atoms with E-state index in [-0.39, 0.29) is 0 Å². The van der Waals surface area contributed by atoms with Gasteiger partial charge >= 0.3 is 0 Å². The average molecular weight is 433 g/mol. The van der Waals surface area contributed by atoms with Gasteiger partial charge in [-0.2, -0.15) is 0 Å². The molecule has 0 radical (unpaired) electrons. The molecule has 2 aliphatic rings. The first kappa shape index (κ1) is 23.7. The molecule has 31 heavy (non-hydrogen) atoms. The Balaban J connectivity index is 1.49. The highest BCUT2D eigenvalue weighted by molar-refractivity contribution is 5.80. The third kappa shape index (κ3) is 6.74. The number of hydrogen-bond donors (Lipinski definition) is 2. The van der Waals surface area contributed by atoms with Crippen LogP contribution in [0, 0.1) is 5.41 Å². The Morgan fingerprint density at radius 1 is 1.13 bits per heavy atom. The summed E-state index contributed by atoms with van der Waals surface area (Å²) in [4.78, 5) is 6.96. The molecule has 1 aromatic carbocycles. The van der Waals surface area contributed by atoms with Crippen molar-refractivity contribution in [3.8, 4) is 11.5 Å². The monoisotopic (exact) mass is 432 g/mol. The van der Waals surface area contributed by atoms with Gasteiger partial charge in [-0.1, -0.05) is 12.8 Å². The van der Waals surface area contributed by atoms with E-state index in [0.29, 0.717) is 11.5 Å². The summed E-state index contributed by atoms with van der Waals surface area (Å²) in [6, 6.07) is 6.49. The molecule has 0 bridgehead atoms. The SMILES string of the molecule is CN=C(NCC1(CCOC)CCCC1)NC1CCN(Cc2cc(OC)cc(OC)c2)C1. The summed E-state index contributed by atoms with van der Waals surface area (Å²) in [6.45, 7) is 4.75. The second-order valence-corrected chi connectivity index (χ2v) is 8.96. The molecule has 1 saturated carbocycles. The molecule has 7 heteroatoms. The van der Waals surface area contributed by atoms with Gasteiger partial charge in [0.1, 0.15) is 11.5 Å². The molecule has 1 aliphatic heterocycles. The molecule has 1 saturated heterocycles. The highest BCUT2D eigenvalue weighted by atomic mass is 16.5. The normalized spacial score (nSPS) is 21.3. The maximum absolute atomic E-state index is 5.41. The van der Waals surface area contributed by atoms with Crippen LogP contribution in [-0.4, -0.2) is 71.5 Å². The smallest absolute Gasteiger partial charge is 0.191 e. The molecule has 0 aromatic heterocycles. The number of ether oxygens (including phenoxy) is 3. The van der Waals surface area contributed by atoms with E-state index < -0.39 is 0 Å². The molecular formula is C24H40N4O3. The molecule has 2 fully saturated rings. The largest absolute Gasteiger partial charge is 0.497 e. The quantitative estimate of drug-likeness (QED) is 0.438. The minimum Gasteiger partial charge on any atom is -0.497 e. The van der Waals surface area contributed by atoms with E-state index in [1.165, 1.54) is 31.2 Å². The molecule has 174 valence electrons. The van der Waals surface area contributed by atoms with E-state index in [9.17, 15) is 0 Å². The van der Waals surface area contributed by atoms with Gasteiger partial charge in [0.15, 0.2) is 5.96 Å². The number of benzene rings is 1. The number of hydrogen-bond acceptors (Lipinski definition) is 5. The number of guanidine groups is 1. The van der Waals surface area contributed by atoms with Gasteiger partial charge in [0.05, 0.1) is 14.2 Å². The summed E-state index contributed by atoms with van der Waals surface area (Å²) >= 11 is 0. The average Bonchev–Trinajstić information content (AvgIpc) is 3.44. The van der Waals surface area contributed by atoms with E-state index in [0.717, 1.165) is 63.1 Å². The molecule has 1 heterocycles. The number of nitrogens with one attached hydrogen (secondary N) is 2. The topological polar surface area (TPSA) is 67.4 Å². The molecular weight excluding hydrogens is 392 g/mol. The highest BCUT2D eigenvalue weighted by Crippen LogP contribution is 2.40. The minimum absolute atomic E-state index is 0.348. The molecule has 1 atom stereocenters. The maximum Gasteiger partial charge on any atom is 0.191 e. The van der Waals surface area contributed by atoms with Crippen molar-refractivity contribution in [3.63, 3.8) is 0 Å². The van der Waals surface area contributed by atoms with Crippen LogP contribution < -0.4 is 20.1 Å². The number of aliphatic imine (C=N–C) groups is 1. The van der Waals surface area contributed by atoms with Crippen molar-refractivity contribution < 1.29 is 14.2 Å². The predicted octanol–water partition coefficient (Wildman–Crippen LogP) is 3.04. The highest BCUT2D eigenvalue weighted by Gasteiger charge is 2.33. The molecule has 0 spiro atoms. The first-order valence-electron chi connectivity index (χ1n) is 11.5. The van der Waals surface area contributed by atoms with Crippen LogP contribution in [-0.2, 0) is 11.3 Å². The summed E-state index contributed by atoms with van der Waals surface area (Å²) < 4.78 is 16.2. The Kier molecular flexibility index (Phi) is 8.84. The summed E-state index contributed by atoms with van der Waals surface area (Å²) in [6.07, 6.45) is 7.43. The van der Waals surface area contributed by atoms with Crippen molar-refractivity contribution in [2.24, 2.45) is 10.4 Å². The van der Waals surface area contributed by atoms with Crippen LogP contribution in [0.5, 0.6) is 11.5 Å². The number of rotatable bonds is 10. The van der Waals surface area contributed by atoms with Crippen LogP contribution in [0.2, 0.25) is 0 Å². The Bertz CT molecular complexity index is 697. The van der Waals surface area contributed by atoms with E-state index >= 15 is 0 Å². The number of likely N-dealkylation sites (tertiary alicyclic amines) is 1. The van der Waals surface area contributed by atoms with Crippen LogP contribution in [0.3, 0.4) is 0 Å². The van der Waals surface area contributed by atoms with Crippen molar-refractivity contribution in [1.82, 2.24) is 15.5 Å². The van der Waals surface area contributed by atoms with E-state index in [1.807, 2.05) is 13.1 Å². The third-order valence-corrected chi connectivity index (χ3v) is 6.79. The van der Waals surface area contributed by atoms with Gasteiger partial charge in [-0.15, -0.1) is 0 Å². The standard InChI is InChI=1S/C24H40N4O3/c1-25-23(26-18-24(10-12-29-2)8-5-6-9-24)27-20-7-11-28(17-20)16-19-13-21(30-3)15-22(14-19)31-4/h13-15,20H,5-12,16-18H2,1-4H3,(H2,25,26,27). The van der Waals surface area contributed by atoms with E-state index in [4.69, 9.17) is 14.2 Å². The zero-order valence-corrected chi connectivity index (χ0v) is 19.7. The fourth-order valence-electron chi connectivity index (χ4n) is 4.93. The second kappa shape index (κ2) is 11.6. The van der Waals surface area contributed by atoms with Crippen molar-refractivity contribution in [1.29, 1.82) is 0 Å². The Morgan fingerprint density at radius 3 is 2.45 bits per heavy atom. The first-order valence-corrected chi connectivity index (χ1v) is 11.5. The summed E-state index contributed by atoms with van der Waals surface area (Å²) in [5, 5.41) is 7.25. The maximum atomic E-state index is 5.41. The fraction of sp³-hybridized carbons (Fsp3) is 0.708. The van der Waals surface area contributed by atoms with Crippen LogP contribution in [0.1, 0.15) is 44.1 Å². The van der Waals surface area contributed by atoms with Gasteiger partial charge in [0.25, 0.3) is 0 Å². The fourth-order valence-corrected chi connectivity index (χ4v) is 4.93. The molecule has 1 unspecified atom stereocenters. The molecule has 7 nitrogen and oxygen atoms in total. The van der Waals surface area contributed by atoms with Gasteiger partial charge in [0.2, 0.25) is 0 Å². The minimum atomic E-state index is 0.348. The Labute approximate surface area is 187 Å². The van der Waals surface area contributed by atoms with Gasteiger partial charge < -0.3 is 24.8 Å². The van der Waals surface area contributed by atoms with Crippen molar-refractivity contribution >= 4 is 5.96 Å². The van der Waals surface area contributed by atoms with Crippen molar-refractivity contribution in [3.05, 3.63) is 23.8 Å². The van der Waals surface area contributed by atoms with E-state index in [2.05, 4.69) is 32.7 Å². The van der Waals surface area contributed by atoms with Crippen LogP contribution in [0.25, 0.3) is 0 Å². The summed E-state index contributed by atoms with van der Waals surface area (Å²) in [7, 11) is 7.04. The second-order valence-electron chi connectivity index (χ2n) is 8.96. The first-order chi connectivity index (χ1) is 15.1. The van der Waals surface area contributed by atoms with E-state index in [1.54, 1.807) is 21.3 Å².